The number of pyridine rings is 1. The van der Waals surface area contributed by atoms with Gasteiger partial charge in [0.15, 0.2) is 0 Å². The molecule has 0 radical (unpaired) electrons. The summed E-state index contributed by atoms with van der Waals surface area (Å²) in [7, 11) is 0. The van der Waals surface area contributed by atoms with Crippen LogP contribution in [-0.2, 0) is 6.42 Å². The minimum Gasteiger partial charge on any atom is -0.352 e. The second kappa shape index (κ2) is 7.08. The molecule has 2 aromatic heterocycles. The third kappa shape index (κ3) is 3.35. The monoisotopic (exact) mass is 320 g/mol. The zero-order chi connectivity index (χ0) is 16.9. The molecule has 1 aromatic carbocycles. The minimum absolute atomic E-state index is 0.0943. The van der Waals surface area contributed by atoms with Gasteiger partial charge in [0, 0.05) is 24.9 Å². The Morgan fingerprint density at radius 1 is 1.08 bits per heavy atom. The van der Waals surface area contributed by atoms with Gasteiger partial charge in [-0.1, -0.05) is 24.3 Å². The first kappa shape index (κ1) is 15.9. The highest BCUT2D eigenvalue weighted by atomic mass is 16.1. The van der Waals surface area contributed by atoms with Gasteiger partial charge >= 0.3 is 0 Å². The lowest BCUT2D eigenvalue weighted by Crippen LogP contribution is -2.27. The van der Waals surface area contributed by atoms with Gasteiger partial charge in [-0.15, -0.1) is 0 Å². The molecule has 0 atom stereocenters. The lowest BCUT2D eigenvalue weighted by Gasteiger charge is -2.07. The first-order chi connectivity index (χ1) is 11.7. The van der Waals surface area contributed by atoms with Crippen molar-refractivity contribution >= 4 is 5.91 Å². The van der Waals surface area contributed by atoms with E-state index in [4.69, 9.17) is 0 Å². The number of aromatic nitrogens is 3. The summed E-state index contributed by atoms with van der Waals surface area (Å²) in [6.07, 6.45) is 2.47. The van der Waals surface area contributed by atoms with Crippen LogP contribution >= 0.6 is 0 Å². The summed E-state index contributed by atoms with van der Waals surface area (Å²) in [5, 5.41) is 7.47. The lowest BCUT2D eigenvalue weighted by atomic mass is 10.1. The van der Waals surface area contributed by atoms with Crippen LogP contribution in [0.5, 0.6) is 0 Å². The van der Waals surface area contributed by atoms with E-state index in [-0.39, 0.29) is 5.91 Å². The molecular formula is C19H20N4O. The number of hydrogen-bond donors (Lipinski definition) is 1. The van der Waals surface area contributed by atoms with Crippen LogP contribution in [0.3, 0.4) is 0 Å². The Balaban J connectivity index is 1.72. The van der Waals surface area contributed by atoms with Gasteiger partial charge in [-0.05, 0) is 38.1 Å². The summed E-state index contributed by atoms with van der Waals surface area (Å²) in [6.45, 7) is 4.33. The molecule has 2 heterocycles. The highest BCUT2D eigenvalue weighted by molar-refractivity contribution is 5.96. The Morgan fingerprint density at radius 3 is 2.54 bits per heavy atom. The number of nitrogens with zero attached hydrogens (tertiary/aromatic N) is 3. The van der Waals surface area contributed by atoms with E-state index in [9.17, 15) is 4.79 Å². The van der Waals surface area contributed by atoms with Crippen molar-refractivity contribution in [2.24, 2.45) is 0 Å². The van der Waals surface area contributed by atoms with Crippen molar-refractivity contribution in [1.82, 2.24) is 20.1 Å². The van der Waals surface area contributed by atoms with E-state index in [0.717, 1.165) is 22.8 Å². The van der Waals surface area contributed by atoms with Gasteiger partial charge in [0.25, 0.3) is 5.91 Å². The van der Waals surface area contributed by atoms with Crippen molar-refractivity contribution in [1.29, 1.82) is 0 Å². The predicted molar refractivity (Wildman–Crippen MR) is 93.3 cm³/mol. The predicted octanol–water partition coefficient (Wildman–Crippen LogP) is 2.86. The molecule has 3 aromatic rings. The highest BCUT2D eigenvalue weighted by Gasteiger charge is 2.18. The molecule has 0 saturated heterocycles. The average Bonchev–Trinajstić information content (AvgIpc) is 2.91. The molecule has 0 bridgehead atoms. The van der Waals surface area contributed by atoms with Gasteiger partial charge in [-0.3, -0.25) is 9.78 Å². The van der Waals surface area contributed by atoms with Crippen LogP contribution < -0.4 is 5.32 Å². The topological polar surface area (TPSA) is 59.8 Å². The molecule has 0 aliphatic carbocycles. The van der Waals surface area contributed by atoms with E-state index >= 15 is 0 Å². The number of hydrogen-bond acceptors (Lipinski definition) is 3. The Morgan fingerprint density at radius 2 is 1.83 bits per heavy atom. The van der Waals surface area contributed by atoms with E-state index in [1.54, 1.807) is 6.20 Å². The van der Waals surface area contributed by atoms with Crippen molar-refractivity contribution in [3.63, 3.8) is 0 Å². The fourth-order valence-corrected chi connectivity index (χ4v) is 2.73. The maximum Gasteiger partial charge on any atom is 0.255 e. The number of benzene rings is 1. The van der Waals surface area contributed by atoms with E-state index < -0.39 is 0 Å². The van der Waals surface area contributed by atoms with Crippen molar-refractivity contribution in [2.75, 3.05) is 6.54 Å². The summed E-state index contributed by atoms with van der Waals surface area (Å²) in [6, 6.07) is 15.6. The summed E-state index contributed by atoms with van der Waals surface area (Å²) < 4.78 is 1.81. The zero-order valence-corrected chi connectivity index (χ0v) is 13.9. The molecule has 24 heavy (non-hydrogen) atoms. The smallest absolute Gasteiger partial charge is 0.255 e. The standard InChI is InChI=1S/C19H20N4O/c1-14-18(15(2)23(22-14)17-9-4-3-5-10-17)19(24)21-13-11-16-8-6-7-12-20-16/h3-10,12H,11,13H2,1-2H3,(H,21,24). The third-order valence-corrected chi connectivity index (χ3v) is 3.91. The second-order valence-corrected chi connectivity index (χ2v) is 5.62. The molecule has 3 rings (SSSR count). The molecular weight excluding hydrogens is 300 g/mol. The number of rotatable bonds is 5. The average molecular weight is 320 g/mol. The summed E-state index contributed by atoms with van der Waals surface area (Å²) in [5.41, 5.74) is 4.12. The molecule has 5 heteroatoms. The van der Waals surface area contributed by atoms with Crippen LogP contribution in [0.25, 0.3) is 5.69 Å². The van der Waals surface area contributed by atoms with Crippen LogP contribution in [0, 0.1) is 13.8 Å². The van der Waals surface area contributed by atoms with Gasteiger partial charge in [0.1, 0.15) is 0 Å². The molecule has 0 aliphatic rings. The first-order valence-corrected chi connectivity index (χ1v) is 7.96. The van der Waals surface area contributed by atoms with Gasteiger partial charge in [-0.2, -0.15) is 5.10 Å². The number of nitrogens with one attached hydrogen (secondary N) is 1. The Bertz CT molecular complexity index is 825. The van der Waals surface area contributed by atoms with Crippen LogP contribution in [-0.4, -0.2) is 27.2 Å². The van der Waals surface area contributed by atoms with Crippen molar-refractivity contribution in [2.45, 2.75) is 20.3 Å². The van der Waals surface area contributed by atoms with E-state index in [0.29, 0.717) is 18.5 Å². The fourth-order valence-electron chi connectivity index (χ4n) is 2.73. The quantitative estimate of drug-likeness (QED) is 0.786. The van der Waals surface area contributed by atoms with Crippen molar-refractivity contribution in [3.8, 4) is 5.69 Å². The first-order valence-electron chi connectivity index (χ1n) is 7.96. The number of carbonyl (C=O) groups is 1. The molecule has 5 nitrogen and oxygen atoms in total. The number of amides is 1. The number of aryl methyl sites for hydroxylation is 1. The highest BCUT2D eigenvalue weighted by Crippen LogP contribution is 2.17. The zero-order valence-electron chi connectivity index (χ0n) is 13.9. The van der Waals surface area contributed by atoms with E-state index in [1.165, 1.54) is 0 Å². The Labute approximate surface area is 141 Å². The second-order valence-electron chi connectivity index (χ2n) is 5.62. The van der Waals surface area contributed by atoms with Gasteiger partial charge in [0.05, 0.1) is 22.6 Å². The lowest BCUT2D eigenvalue weighted by molar-refractivity contribution is 0.0953. The van der Waals surface area contributed by atoms with Crippen molar-refractivity contribution in [3.05, 3.63) is 77.4 Å². The number of para-hydroxylation sites is 1. The largest absolute Gasteiger partial charge is 0.352 e. The molecule has 1 amide bonds. The molecule has 0 spiro atoms. The molecule has 0 fully saturated rings. The minimum atomic E-state index is -0.0943. The summed E-state index contributed by atoms with van der Waals surface area (Å²) in [5.74, 6) is -0.0943. The van der Waals surface area contributed by atoms with Crippen LogP contribution in [0.15, 0.2) is 54.7 Å². The van der Waals surface area contributed by atoms with Gasteiger partial charge in [0.2, 0.25) is 0 Å². The van der Waals surface area contributed by atoms with Gasteiger partial charge < -0.3 is 5.32 Å². The van der Waals surface area contributed by atoms with Crippen LogP contribution in [0.2, 0.25) is 0 Å². The van der Waals surface area contributed by atoms with Crippen molar-refractivity contribution < 1.29 is 4.79 Å². The van der Waals surface area contributed by atoms with Gasteiger partial charge in [-0.25, -0.2) is 4.68 Å². The third-order valence-electron chi connectivity index (χ3n) is 3.91. The Hall–Kier alpha value is -2.95. The van der Waals surface area contributed by atoms with E-state index in [2.05, 4.69) is 15.4 Å². The molecule has 1 N–H and O–H groups in total. The SMILES string of the molecule is Cc1nn(-c2ccccc2)c(C)c1C(=O)NCCc1ccccn1. The maximum atomic E-state index is 12.5. The molecule has 122 valence electrons. The normalized spacial score (nSPS) is 10.6. The summed E-state index contributed by atoms with van der Waals surface area (Å²) >= 11 is 0. The Kier molecular flexibility index (Phi) is 4.70. The van der Waals surface area contributed by atoms with Crippen LogP contribution in [0.4, 0.5) is 0 Å². The van der Waals surface area contributed by atoms with E-state index in [1.807, 2.05) is 67.1 Å². The molecule has 0 unspecified atom stereocenters. The number of carbonyl (C=O) groups excluding carboxylic acids is 1. The van der Waals surface area contributed by atoms with Crippen LogP contribution in [0.1, 0.15) is 27.4 Å². The summed E-state index contributed by atoms with van der Waals surface area (Å²) in [4.78, 5) is 16.8. The fraction of sp³-hybridized carbons (Fsp3) is 0.211. The molecule has 0 aliphatic heterocycles. The maximum absolute atomic E-state index is 12.5. The molecule has 0 saturated carbocycles.